The molecule has 2 rings (SSSR count). The Kier molecular flexibility index (Phi) is 3.30. The van der Waals surface area contributed by atoms with Gasteiger partial charge in [-0.25, -0.2) is 4.21 Å². The molecule has 0 amide bonds. The van der Waals surface area contributed by atoms with Crippen molar-refractivity contribution >= 4 is 16.3 Å². The lowest BCUT2D eigenvalue weighted by Crippen LogP contribution is -1.87. The van der Waals surface area contributed by atoms with E-state index in [4.69, 9.17) is 15.3 Å². The first-order valence-corrected chi connectivity index (χ1v) is 6.23. The van der Waals surface area contributed by atoms with Crippen LogP contribution < -0.4 is 10.5 Å². The number of ether oxygens (including phenoxy) is 1. The number of nitrogens with one attached hydrogen (secondary N) is 1. The van der Waals surface area contributed by atoms with Crippen molar-refractivity contribution in [3.05, 3.63) is 48.5 Å². The van der Waals surface area contributed by atoms with Crippen LogP contribution in [0.1, 0.15) is 0 Å². The Morgan fingerprint density at radius 3 is 2.41 bits per heavy atom. The van der Waals surface area contributed by atoms with E-state index in [9.17, 15) is 4.21 Å². The minimum Gasteiger partial charge on any atom is -0.457 e. The first kappa shape index (κ1) is 11.5. The molecule has 17 heavy (non-hydrogen) atoms. The zero-order valence-corrected chi connectivity index (χ0v) is 9.85. The van der Waals surface area contributed by atoms with E-state index < -0.39 is 10.6 Å². The maximum Gasteiger partial charge on any atom is 0.128 e. The standard InChI is InChI=1S/C12H12N2O2S/c13-9-4-6-10(7-5-9)16-11-2-1-3-12(8-11)17(14)15/h1-8,14,17H,13H2. The molecule has 2 aromatic carbocycles. The fraction of sp³-hybridized carbons (Fsp3) is 0. The smallest absolute Gasteiger partial charge is 0.128 e. The van der Waals surface area contributed by atoms with E-state index in [0.717, 1.165) is 0 Å². The average molecular weight is 248 g/mol. The van der Waals surface area contributed by atoms with E-state index in [1.807, 2.05) is 0 Å². The number of nitrogen functional groups attached to an aromatic ring is 1. The van der Waals surface area contributed by atoms with Gasteiger partial charge in [-0.15, -0.1) is 0 Å². The van der Waals surface area contributed by atoms with Gasteiger partial charge in [0.15, 0.2) is 0 Å². The van der Waals surface area contributed by atoms with Crippen LogP contribution in [0.5, 0.6) is 11.5 Å². The van der Waals surface area contributed by atoms with Crippen molar-refractivity contribution in [3.63, 3.8) is 0 Å². The number of anilines is 1. The lowest BCUT2D eigenvalue weighted by molar-refractivity contribution is 0.481. The summed E-state index contributed by atoms with van der Waals surface area (Å²) < 4.78 is 23.8. The molecule has 0 bridgehead atoms. The van der Waals surface area contributed by atoms with Crippen LogP contribution in [0.2, 0.25) is 0 Å². The van der Waals surface area contributed by atoms with Crippen molar-refractivity contribution in [1.82, 2.24) is 0 Å². The highest BCUT2D eigenvalue weighted by Gasteiger charge is 1.99. The molecule has 0 aromatic heterocycles. The lowest BCUT2D eigenvalue weighted by atomic mass is 10.3. The van der Waals surface area contributed by atoms with Gasteiger partial charge in [-0.3, -0.25) is 4.78 Å². The van der Waals surface area contributed by atoms with E-state index in [1.54, 1.807) is 48.5 Å². The summed E-state index contributed by atoms with van der Waals surface area (Å²) in [4.78, 5) is 0.452. The Bertz CT molecular complexity index is 584. The van der Waals surface area contributed by atoms with Crippen molar-refractivity contribution in [2.45, 2.75) is 4.90 Å². The van der Waals surface area contributed by atoms with Crippen molar-refractivity contribution < 1.29 is 8.95 Å². The minimum absolute atomic E-state index is 0.452. The maximum absolute atomic E-state index is 11.0. The summed E-state index contributed by atoms with van der Waals surface area (Å²) in [5.41, 5.74) is 6.23. The van der Waals surface area contributed by atoms with Crippen LogP contribution in [0.25, 0.3) is 0 Å². The summed E-state index contributed by atoms with van der Waals surface area (Å²) in [6.07, 6.45) is 0. The van der Waals surface area contributed by atoms with E-state index in [2.05, 4.69) is 0 Å². The lowest BCUT2D eigenvalue weighted by Gasteiger charge is -2.06. The molecule has 1 unspecified atom stereocenters. The van der Waals surface area contributed by atoms with Gasteiger partial charge in [0.1, 0.15) is 11.5 Å². The van der Waals surface area contributed by atoms with Gasteiger partial charge in [-0.2, -0.15) is 0 Å². The van der Waals surface area contributed by atoms with Gasteiger partial charge in [0.25, 0.3) is 0 Å². The van der Waals surface area contributed by atoms with E-state index in [1.165, 1.54) is 0 Å². The van der Waals surface area contributed by atoms with Gasteiger partial charge in [-0.05, 0) is 42.5 Å². The summed E-state index contributed by atoms with van der Waals surface area (Å²) in [6, 6.07) is 13.7. The zero-order valence-electron chi connectivity index (χ0n) is 8.96. The molecule has 88 valence electrons. The molecule has 1 atom stereocenters. The third kappa shape index (κ3) is 2.98. The van der Waals surface area contributed by atoms with Gasteiger partial charge < -0.3 is 10.5 Å². The molecular formula is C12H12N2O2S. The van der Waals surface area contributed by atoms with Crippen LogP contribution in [0.3, 0.4) is 0 Å². The second-order valence-electron chi connectivity index (χ2n) is 3.46. The number of rotatable bonds is 3. The zero-order chi connectivity index (χ0) is 12.3. The number of hydrogen-bond donors (Lipinski definition) is 3. The maximum atomic E-state index is 11.0. The highest BCUT2D eigenvalue weighted by molar-refractivity contribution is 7.73. The Morgan fingerprint density at radius 1 is 1.06 bits per heavy atom. The van der Waals surface area contributed by atoms with Crippen LogP contribution >= 0.6 is 0 Å². The Balaban J connectivity index is 2.24. The molecule has 4 nitrogen and oxygen atoms in total. The normalized spacial score (nSPS) is 12.0. The third-order valence-corrected chi connectivity index (χ3v) is 2.92. The number of nitrogens with two attached hydrogens (primary N) is 1. The fourth-order valence-electron chi connectivity index (χ4n) is 1.35. The molecule has 0 saturated carbocycles. The van der Waals surface area contributed by atoms with Gasteiger partial charge in [0.2, 0.25) is 0 Å². The molecule has 0 fully saturated rings. The quantitative estimate of drug-likeness (QED) is 0.577. The van der Waals surface area contributed by atoms with Crippen molar-refractivity contribution in [3.8, 4) is 11.5 Å². The summed E-state index contributed by atoms with van der Waals surface area (Å²) in [6.45, 7) is 0. The molecule has 0 radical (unpaired) electrons. The molecular weight excluding hydrogens is 236 g/mol. The van der Waals surface area contributed by atoms with Crippen LogP contribution in [-0.2, 0) is 10.6 Å². The van der Waals surface area contributed by atoms with Gasteiger partial charge >= 0.3 is 0 Å². The van der Waals surface area contributed by atoms with Crippen LogP contribution in [0, 0.1) is 4.78 Å². The monoisotopic (exact) mass is 248 g/mol. The second-order valence-corrected chi connectivity index (χ2v) is 4.57. The summed E-state index contributed by atoms with van der Waals surface area (Å²) in [5, 5.41) is 0. The first-order valence-electron chi connectivity index (χ1n) is 4.97. The van der Waals surface area contributed by atoms with E-state index in [0.29, 0.717) is 22.1 Å². The molecule has 0 aliphatic carbocycles. The van der Waals surface area contributed by atoms with Crippen LogP contribution in [0.15, 0.2) is 53.4 Å². The first-order chi connectivity index (χ1) is 8.15. The van der Waals surface area contributed by atoms with E-state index in [-0.39, 0.29) is 0 Å². The minimum atomic E-state index is -2.09. The van der Waals surface area contributed by atoms with Gasteiger partial charge in [0, 0.05) is 10.6 Å². The highest BCUT2D eigenvalue weighted by atomic mass is 32.2. The van der Waals surface area contributed by atoms with Crippen LogP contribution in [0.4, 0.5) is 5.69 Å². The topological polar surface area (TPSA) is 76.2 Å². The molecule has 0 heterocycles. The number of thiol groups is 1. The molecule has 0 saturated heterocycles. The summed E-state index contributed by atoms with van der Waals surface area (Å²) in [7, 11) is -2.09. The van der Waals surface area contributed by atoms with Crippen molar-refractivity contribution in [2.24, 2.45) is 0 Å². The molecule has 0 spiro atoms. The largest absolute Gasteiger partial charge is 0.457 e. The number of hydrogen-bond acceptors (Lipinski definition) is 4. The summed E-state index contributed by atoms with van der Waals surface area (Å²) in [5.74, 6) is 1.21. The molecule has 3 N–H and O–H groups in total. The predicted octanol–water partition coefficient (Wildman–Crippen LogP) is 2.66. The van der Waals surface area contributed by atoms with Gasteiger partial charge in [-0.1, -0.05) is 6.07 Å². The van der Waals surface area contributed by atoms with Crippen molar-refractivity contribution in [2.75, 3.05) is 5.73 Å². The second kappa shape index (κ2) is 4.88. The Labute approximate surface area is 101 Å². The van der Waals surface area contributed by atoms with E-state index >= 15 is 0 Å². The highest BCUT2D eigenvalue weighted by Crippen LogP contribution is 2.23. The Hall–Kier alpha value is -2.01. The third-order valence-electron chi connectivity index (χ3n) is 2.17. The molecule has 0 aliphatic rings. The molecule has 0 aliphatic heterocycles. The van der Waals surface area contributed by atoms with Gasteiger partial charge in [0.05, 0.1) is 10.6 Å². The average Bonchev–Trinajstić information content (AvgIpc) is 2.32. The van der Waals surface area contributed by atoms with Crippen LogP contribution in [-0.4, -0.2) is 4.21 Å². The molecule has 2 aromatic rings. The fourth-order valence-corrected chi connectivity index (χ4v) is 1.81. The number of benzene rings is 2. The molecule has 5 heteroatoms. The van der Waals surface area contributed by atoms with Crippen molar-refractivity contribution in [1.29, 1.82) is 4.78 Å². The Morgan fingerprint density at radius 2 is 1.76 bits per heavy atom. The predicted molar refractivity (Wildman–Crippen MR) is 67.9 cm³/mol. The SMILES string of the molecule is N=[SH](=O)c1cccc(Oc2ccc(N)cc2)c1. The summed E-state index contributed by atoms with van der Waals surface area (Å²) >= 11 is 0.